The van der Waals surface area contributed by atoms with Gasteiger partial charge in [0, 0.05) is 12.6 Å². The number of carbonyl (C=O) groups excluding carboxylic acids is 1. The van der Waals surface area contributed by atoms with E-state index < -0.39 is 17.3 Å². The quantitative estimate of drug-likeness (QED) is 0.726. The number of benzene rings is 2. The SMILES string of the molecule is O=C(NC[C@]1(O)CC[C@@H](COc2ccccc2)CC1)c1ccc(O)cc1F. The van der Waals surface area contributed by atoms with Crippen LogP contribution in [0.1, 0.15) is 36.0 Å². The first kappa shape index (κ1) is 19.2. The number of carbonyl (C=O) groups is 1. The van der Waals surface area contributed by atoms with Crippen molar-refractivity contribution in [3.05, 3.63) is 59.9 Å². The van der Waals surface area contributed by atoms with Gasteiger partial charge in [0.1, 0.15) is 17.3 Å². The van der Waals surface area contributed by atoms with E-state index in [1.807, 2.05) is 30.3 Å². The van der Waals surface area contributed by atoms with Gasteiger partial charge in [-0.05, 0) is 55.9 Å². The van der Waals surface area contributed by atoms with Crippen molar-refractivity contribution < 1.29 is 24.1 Å². The van der Waals surface area contributed by atoms with Crippen LogP contribution < -0.4 is 10.1 Å². The molecule has 2 aromatic rings. The Balaban J connectivity index is 1.45. The molecule has 0 unspecified atom stereocenters. The van der Waals surface area contributed by atoms with E-state index >= 15 is 0 Å². The van der Waals surface area contributed by atoms with Crippen LogP contribution >= 0.6 is 0 Å². The summed E-state index contributed by atoms with van der Waals surface area (Å²) in [5, 5.41) is 22.5. The summed E-state index contributed by atoms with van der Waals surface area (Å²) in [5.74, 6) is -0.437. The Morgan fingerprint density at radius 2 is 1.89 bits per heavy atom. The molecule has 0 spiro atoms. The molecule has 0 atom stereocenters. The fourth-order valence-corrected chi connectivity index (χ4v) is 3.32. The second kappa shape index (κ2) is 8.39. The minimum absolute atomic E-state index is 0.0679. The number of hydrogen-bond acceptors (Lipinski definition) is 4. The molecular weight excluding hydrogens is 349 g/mol. The van der Waals surface area contributed by atoms with Gasteiger partial charge in [0.05, 0.1) is 17.8 Å². The lowest BCUT2D eigenvalue weighted by molar-refractivity contribution is -0.0130. The molecule has 1 fully saturated rings. The summed E-state index contributed by atoms with van der Waals surface area (Å²) in [4.78, 5) is 12.1. The Kier molecular flexibility index (Phi) is 5.96. The zero-order valence-electron chi connectivity index (χ0n) is 15.0. The molecule has 144 valence electrons. The van der Waals surface area contributed by atoms with Gasteiger partial charge in [0.15, 0.2) is 0 Å². The normalized spacial score (nSPS) is 22.2. The Morgan fingerprint density at radius 1 is 1.19 bits per heavy atom. The predicted octanol–water partition coefficient (Wildman–Crippen LogP) is 3.26. The summed E-state index contributed by atoms with van der Waals surface area (Å²) in [7, 11) is 0. The van der Waals surface area contributed by atoms with Crippen LogP contribution in [0, 0.1) is 11.7 Å². The topological polar surface area (TPSA) is 78.8 Å². The highest BCUT2D eigenvalue weighted by atomic mass is 19.1. The highest BCUT2D eigenvalue weighted by Gasteiger charge is 2.34. The first-order chi connectivity index (χ1) is 13.0. The summed E-state index contributed by atoms with van der Waals surface area (Å²) in [6, 6.07) is 13.0. The third-order valence-electron chi connectivity index (χ3n) is 5.04. The van der Waals surface area contributed by atoms with Crippen molar-refractivity contribution in [3.8, 4) is 11.5 Å². The highest BCUT2D eigenvalue weighted by Crippen LogP contribution is 2.32. The lowest BCUT2D eigenvalue weighted by atomic mass is 9.79. The summed E-state index contributed by atoms with van der Waals surface area (Å²) in [6.07, 6.45) is 2.70. The zero-order chi connectivity index (χ0) is 19.3. The lowest BCUT2D eigenvalue weighted by Gasteiger charge is -2.36. The minimum atomic E-state index is -0.994. The number of amides is 1. The number of aliphatic hydroxyl groups is 1. The standard InChI is InChI=1S/C21H24FNO4/c22-19-12-16(24)6-7-18(19)20(25)23-14-21(26)10-8-15(9-11-21)13-27-17-4-2-1-3-5-17/h1-7,12,15,24,26H,8-11,13-14H2,(H,23,25)/t15-,21+. The van der Waals surface area contributed by atoms with E-state index in [2.05, 4.69) is 5.32 Å². The molecule has 2 aromatic carbocycles. The van der Waals surface area contributed by atoms with Gasteiger partial charge in [-0.2, -0.15) is 0 Å². The van der Waals surface area contributed by atoms with Gasteiger partial charge in [-0.25, -0.2) is 4.39 Å². The average Bonchev–Trinajstić information content (AvgIpc) is 2.67. The molecule has 0 radical (unpaired) electrons. The van der Waals surface area contributed by atoms with Crippen LogP contribution in [0.2, 0.25) is 0 Å². The summed E-state index contributed by atoms with van der Waals surface area (Å²) in [6.45, 7) is 0.670. The third kappa shape index (κ3) is 5.20. The molecule has 0 saturated heterocycles. The number of nitrogens with one attached hydrogen (secondary N) is 1. The second-order valence-electron chi connectivity index (χ2n) is 7.14. The van der Waals surface area contributed by atoms with Crippen molar-refractivity contribution >= 4 is 5.91 Å². The number of phenols is 1. The Bertz CT molecular complexity index is 773. The fourth-order valence-electron chi connectivity index (χ4n) is 3.32. The van der Waals surface area contributed by atoms with Crippen molar-refractivity contribution in [2.45, 2.75) is 31.3 Å². The van der Waals surface area contributed by atoms with E-state index in [0.29, 0.717) is 25.4 Å². The molecule has 0 aliphatic heterocycles. The van der Waals surface area contributed by atoms with Crippen molar-refractivity contribution in [2.75, 3.05) is 13.2 Å². The van der Waals surface area contributed by atoms with E-state index in [4.69, 9.17) is 4.74 Å². The van der Waals surface area contributed by atoms with Crippen LogP contribution in [0.25, 0.3) is 0 Å². The van der Waals surface area contributed by atoms with Crippen molar-refractivity contribution in [2.24, 2.45) is 5.92 Å². The van der Waals surface area contributed by atoms with Gasteiger partial charge >= 0.3 is 0 Å². The number of ether oxygens (including phenoxy) is 1. The molecule has 0 heterocycles. The van der Waals surface area contributed by atoms with Crippen LogP contribution in [0.15, 0.2) is 48.5 Å². The van der Waals surface area contributed by atoms with Gasteiger partial charge in [0.25, 0.3) is 5.91 Å². The summed E-state index contributed by atoms with van der Waals surface area (Å²) >= 11 is 0. The molecule has 5 nitrogen and oxygen atoms in total. The zero-order valence-corrected chi connectivity index (χ0v) is 15.0. The van der Waals surface area contributed by atoms with E-state index in [0.717, 1.165) is 24.7 Å². The average molecular weight is 373 g/mol. The van der Waals surface area contributed by atoms with Gasteiger partial charge in [-0.15, -0.1) is 0 Å². The second-order valence-corrected chi connectivity index (χ2v) is 7.14. The van der Waals surface area contributed by atoms with Gasteiger partial charge in [-0.1, -0.05) is 18.2 Å². The van der Waals surface area contributed by atoms with Crippen LogP contribution in [0.4, 0.5) is 4.39 Å². The third-order valence-corrected chi connectivity index (χ3v) is 5.04. The van der Waals surface area contributed by atoms with Crippen molar-refractivity contribution in [1.82, 2.24) is 5.32 Å². The molecule has 27 heavy (non-hydrogen) atoms. The number of para-hydroxylation sites is 1. The summed E-state index contributed by atoms with van der Waals surface area (Å²) < 4.78 is 19.5. The highest BCUT2D eigenvalue weighted by molar-refractivity contribution is 5.94. The minimum Gasteiger partial charge on any atom is -0.508 e. The monoisotopic (exact) mass is 373 g/mol. The largest absolute Gasteiger partial charge is 0.508 e. The van der Waals surface area contributed by atoms with E-state index in [9.17, 15) is 19.4 Å². The first-order valence-corrected chi connectivity index (χ1v) is 9.12. The number of hydrogen-bond donors (Lipinski definition) is 3. The molecule has 1 saturated carbocycles. The van der Waals surface area contributed by atoms with Crippen LogP contribution in [0.5, 0.6) is 11.5 Å². The number of rotatable bonds is 6. The predicted molar refractivity (Wildman–Crippen MR) is 99.2 cm³/mol. The van der Waals surface area contributed by atoms with E-state index in [1.165, 1.54) is 12.1 Å². The molecular formula is C21H24FNO4. The molecule has 3 N–H and O–H groups in total. The molecule has 6 heteroatoms. The lowest BCUT2D eigenvalue weighted by Crippen LogP contribution is -2.46. The molecule has 0 aromatic heterocycles. The fraction of sp³-hybridized carbons (Fsp3) is 0.381. The maximum atomic E-state index is 13.7. The number of aromatic hydroxyl groups is 1. The van der Waals surface area contributed by atoms with Crippen LogP contribution in [-0.2, 0) is 0 Å². The molecule has 1 aliphatic carbocycles. The van der Waals surface area contributed by atoms with Crippen LogP contribution in [0.3, 0.4) is 0 Å². The maximum absolute atomic E-state index is 13.7. The Labute approximate surface area is 157 Å². The Morgan fingerprint density at radius 3 is 2.56 bits per heavy atom. The van der Waals surface area contributed by atoms with E-state index in [-0.39, 0.29) is 17.9 Å². The van der Waals surface area contributed by atoms with Crippen molar-refractivity contribution in [1.29, 1.82) is 0 Å². The van der Waals surface area contributed by atoms with E-state index in [1.54, 1.807) is 0 Å². The van der Waals surface area contributed by atoms with Gasteiger partial charge < -0.3 is 20.3 Å². The van der Waals surface area contributed by atoms with Crippen LogP contribution in [-0.4, -0.2) is 34.9 Å². The molecule has 1 amide bonds. The smallest absolute Gasteiger partial charge is 0.254 e. The Hall–Kier alpha value is -2.60. The van der Waals surface area contributed by atoms with Gasteiger partial charge in [-0.3, -0.25) is 4.79 Å². The van der Waals surface area contributed by atoms with Crippen molar-refractivity contribution in [3.63, 3.8) is 0 Å². The maximum Gasteiger partial charge on any atom is 0.254 e. The molecule has 3 rings (SSSR count). The number of halogens is 1. The molecule has 0 bridgehead atoms. The first-order valence-electron chi connectivity index (χ1n) is 9.12. The summed E-state index contributed by atoms with van der Waals surface area (Å²) in [5.41, 5.74) is -1.15. The molecule has 1 aliphatic rings. The number of phenolic OH excluding ortho intramolecular Hbond substituents is 1. The van der Waals surface area contributed by atoms with Gasteiger partial charge in [0.2, 0.25) is 0 Å².